The summed E-state index contributed by atoms with van der Waals surface area (Å²) in [5.41, 5.74) is 0.781. The topological polar surface area (TPSA) is 88.5 Å². The van der Waals surface area contributed by atoms with Crippen LogP contribution < -0.4 is 10.1 Å². The molecule has 1 aromatic heterocycles. The average molecular weight is 613 g/mol. The van der Waals surface area contributed by atoms with Gasteiger partial charge in [-0.3, -0.25) is 4.79 Å². The van der Waals surface area contributed by atoms with Gasteiger partial charge in [-0.25, -0.2) is 14.2 Å². The number of alkyl halides is 3. The molecule has 224 valence electrons. The Morgan fingerprint density at radius 2 is 1.70 bits per heavy atom. The summed E-state index contributed by atoms with van der Waals surface area (Å²) in [5, 5.41) is 12.4. The normalized spacial score (nSPS) is 12.5. The van der Waals surface area contributed by atoms with Gasteiger partial charge in [0.05, 0.1) is 12.3 Å². The van der Waals surface area contributed by atoms with Gasteiger partial charge >= 0.3 is 12.1 Å². The molecule has 6 nitrogen and oxygen atoms in total. The third-order valence-electron chi connectivity index (χ3n) is 6.43. The van der Waals surface area contributed by atoms with Crippen molar-refractivity contribution in [1.82, 2.24) is 10.3 Å². The van der Waals surface area contributed by atoms with Crippen LogP contribution in [0.25, 0.3) is 10.6 Å². The zero-order valence-corrected chi connectivity index (χ0v) is 23.8. The van der Waals surface area contributed by atoms with E-state index in [0.717, 1.165) is 27.6 Å². The van der Waals surface area contributed by atoms with E-state index in [9.17, 15) is 32.3 Å². The largest absolute Gasteiger partial charge is 0.493 e. The van der Waals surface area contributed by atoms with Crippen LogP contribution in [0.5, 0.6) is 5.75 Å². The summed E-state index contributed by atoms with van der Waals surface area (Å²) in [5.74, 6) is -2.22. The number of ketones is 1. The Hall–Kier alpha value is -4.51. The number of hydrogen-bond acceptors (Lipinski definition) is 6. The number of thiazole rings is 1. The summed E-state index contributed by atoms with van der Waals surface area (Å²) in [6, 6.07) is 18.3. The lowest BCUT2D eigenvalue weighted by Crippen LogP contribution is -2.42. The molecule has 0 saturated heterocycles. The maximum absolute atomic E-state index is 13.7. The standard InChI is InChI=1S/C32H28F4N2O4S/c1-2-28-25(38-30(43-28)22-10-12-23(33)13-11-22)16-17-42-24-14-8-20(9-15-24)18-26(31(40)41)37-29(32(34,35)36)19-27(39)21-6-4-3-5-7-21/h3-15,19,26,37H,2,16-18H2,1H3,(H,40,41)/b29-19+/t26-/m0/s1. The number of benzene rings is 3. The predicted octanol–water partition coefficient (Wildman–Crippen LogP) is 7.05. The number of aromatic nitrogens is 1. The van der Waals surface area contributed by atoms with Crippen LogP contribution in [-0.4, -0.2) is 40.7 Å². The molecular formula is C32H28F4N2O4S. The zero-order chi connectivity index (χ0) is 31.0. The van der Waals surface area contributed by atoms with E-state index in [0.29, 0.717) is 30.4 Å². The van der Waals surface area contributed by atoms with Gasteiger partial charge in [0.2, 0.25) is 0 Å². The predicted molar refractivity (Wildman–Crippen MR) is 156 cm³/mol. The first-order valence-corrected chi connectivity index (χ1v) is 14.2. The Kier molecular flexibility index (Phi) is 10.3. The molecule has 0 unspecified atom stereocenters. The van der Waals surface area contributed by atoms with Crippen LogP contribution in [0.15, 0.2) is 90.6 Å². The molecular weight excluding hydrogens is 584 g/mol. The molecule has 0 radical (unpaired) electrons. The highest BCUT2D eigenvalue weighted by atomic mass is 32.1. The van der Waals surface area contributed by atoms with Crippen molar-refractivity contribution in [3.05, 3.63) is 118 Å². The summed E-state index contributed by atoms with van der Waals surface area (Å²) in [7, 11) is 0. The Morgan fingerprint density at radius 1 is 1.02 bits per heavy atom. The number of carboxylic acids is 1. The number of aliphatic carboxylic acids is 1. The molecule has 43 heavy (non-hydrogen) atoms. The maximum atomic E-state index is 13.7. The molecule has 0 saturated carbocycles. The highest BCUT2D eigenvalue weighted by Gasteiger charge is 2.37. The summed E-state index contributed by atoms with van der Waals surface area (Å²) in [6.07, 6.45) is -3.55. The molecule has 11 heteroatoms. The third-order valence-corrected chi connectivity index (χ3v) is 7.72. The van der Waals surface area contributed by atoms with Crippen molar-refractivity contribution in [2.75, 3.05) is 6.61 Å². The summed E-state index contributed by atoms with van der Waals surface area (Å²) in [6.45, 7) is 2.34. The van der Waals surface area contributed by atoms with Gasteiger partial charge in [0.1, 0.15) is 28.3 Å². The van der Waals surface area contributed by atoms with Crippen molar-refractivity contribution in [2.24, 2.45) is 0 Å². The smallest absolute Gasteiger partial charge is 0.431 e. The van der Waals surface area contributed by atoms with Gasteiger partial charge in [0.25, 0.3) is 0 Å². The molecule has 1 atom stereocenters. The molecule has 0 aliphatic carbocycles. The summed E-state index contributed by atoms with van der Waals surface area (Å²) in [4.78, 5) is 30.0. The first-order chi connectivity index (χ1) is 20.5. The molecule has 0 fully saturated rings. The fourth-order valence-electron chi connectivity index (χ4n) is 4.20. The number of carboxylic acid groups (broad SMARTS) is 1. The fraction of sp³-hybridized carbons (Fsp3) is 0.219. The van der Waals surface area contributed by atoms with Gasteiger partial charge in [-0.1, -0.05) is 49.4 Å². The minimum absolute atomic E-state index is 0.0440. The molecule has 0 amide bonds. The van der Waals surface area contributed by atoms with Gasteiger partial charge in [0.15, 0.2) is 5.78 Å². The van der Waals surface area contributed by atoms with Crippen LogP contribution >= 0.6 is 11.3 Å². The first kappa shape index (κ1) is 31.4. The van der Waals surface area contributed by atoms with Gasteiger partial charge in [0, 0.05) is 34.9 Å². The molecule has 3 aromatic carbocycles. The van der Waals surface area contributed by atoms with Crippen LogP contribution in [0, 0.1) is 5.82 Å². The second kappa shape index (κ2) is 14.1. The lowest BCUT2D eigenvalue weighted by Gasteiger charge is -2.20. The van der Waals surface area contributed by atoms with E-state index in [1.165, 1.54) is 36.4 Å². The van der Waals surface area contributed by atoms with Crippen molar-refractivity contribution < 1.29 is 37.0 Å². The fourth-order valence-corrected chi connectivity index (χ4v) is 5.26. The second-order valence-electron chi connectivity index (χ2n) is 9.52. The van der Waals surface area contributed by atoms with Crippen molar-refractivity contribution in [2.45, 2.75) is 38.4 Å². The van der Waals surface area contributed by atoms with E-state index in [-0.39, 0.29) is 17.8 Å². The number of nitrogens with one attached hydrogen (secondary N) is 1. The molecule has 4 rings (SSSR count). The second-order valence-corrected chi connectivity index (χ2v) is 10.6. The molecule has 0 aliphatic heterocycles. The third kappa shape index (κ3) is 8.74. The van der Waals surface area contributed by atoms with E-state index in [4.69, 9.17) is 9.72 Å². The Labute approximate surface area is 249 Å². The van der Waals surface area contributed by atoms with E-state index in [2.05, 4.69) is 0 Å². The number of halogens is 4. The van der Waals surface area contributed by atoms with Crippen molar-refractivity contribution >= 4 is 23.1 Å². The van der Waals surface area contributed by atoms with E-state index < -0.39 is 29.7 Å². The quantitative estimate of drug-likeness (QED) is 0.0956. The number of hydrogen-bond donors (Lipinski definition) is 2. The molecule has 4 aromatic rings. The molecule has 0 bridgehead atoms. The van der Waals surface area contributed by atoms with Crippen LogP contribution in [0.4, 0.5) is 17.6 Å². The van der Waals surface area contributed by atoms with Crippen molar-refractivity contribution in [3.63, 3.8) is 0 Å². The Morgan fingerprint density at radius 3 is 2.30 bits per heavy atom. The highest BCUT2D eigenvalue weighted by molar-refractivity contribution is 7.15. The Bertz CT molecular complexity index is 1570. The van der Waals surface area contributed by atoms with Crippen LogP contribution in [-0.2, 0) is 24.1 Å². The van der Waals surface area contributed by atoms with Crippen LogP contribution in [0.2, 0.25) is 0 Å². The van der Waals surface area contributed by atoms with Gasteiger partial charge in [-0.05, 0) is 48.4 Å². The van der Waals surface area contributed by atoms with E-state index >= 15 is 0 Å². The highest BCUT2D eigenvalue weighted by Crippen LogP contribution is 2.29. The number of rotatable bonds is 13. The Balaban J connectivity index is 1.37. The van der Waals surface area contributed by atoms with Gasteiger partial charge < -0.3 is 15.2 Å². The van der Waals surface area contributed by atoms with E-state index in [1.807, 2.05) is 12.2 Å². The number of allylic oxidation sites excluding steroid dienone is 2. The van der Waals surface area contributed by atoms with E-state index in [1.54, 1.807) is 53.8 Å². The first-order valence-electron chi connectivity index (χ1n) is 13.4. The van der Waals surface area contributed by atoms with Crippen LogP contribution in [0.1, 0.15) is 33.4 Å². The minimum Gasteiger partial charge on any atom is -0.493 e. The number of nitrogens with zero attached hydrogens (tertiary/aromatic N) is 1. The van der Waals surface area contributed by atoms with Gasteiger partial charge in [-0.15, -0.1) is 11.3 Å². The maximum Gasteiger partial charge on any atom is 0.431 e. The molecule has 0 spiro atoms. The van der Waals surface area contributed by atoms with Crippen molar-refractivity contribution in [1.29, 1.82) is 0 Å². The average Bonchev–Trinajstić information content (AvgIpc) is 3.40. The number of carbonyl (C=O) groups is 2. The monoisotopic (exact) mass is 612 g/mol. The molecule has 0 aliphatic rings. The number of carbonyl (C=O) groups excluding carboxylic acids is 1. The van der Waals surface area contributed by atoms with Gasteiger partial charge in [-0.2, -0.15) is 13.2 Å². The zero-order valence-electron chi connectivity index (χ0n) is 23.0. The lowest BCUT2D eigenvalue weighted by molar-refractivity contribution is -0.140. The lowest BCUT2D eigenvalue weighted by atomic mass is 10.0. The molecule has 1 heterocycles. The summed E-state index contributed by atoms with van der Waals surface area (Å²) >= 11 is 1.55. The molecule has 2 N–H and O–H groups in total. The van der Waals surface area contributed by atoms with Crippen molar-refractivity contribution in [3.8, 4) is 16.3 Å². The number of aryl methyl sites for hydroxylation is 1. The number of ether oxygens (including phenoxy) is 1. The van der Waals surface area contributed by atoms with Crippen LogP contribution in [0.3, 0.4) is 0 Å². The SMILES string of the molecule is CCc1sc(-c2ccc(F)cc2)nc1CCOc1ccc(C[C@H](N/C(=C/C(=O)c2ccccc2)C(F)(F)F)C(=O)O)cc1. The minimum atomic E-state index is -4.97. The summed E-state index contributed by atoms with van der Waals surface area (Å²) < 4.78 is 60.2.